The highest BCUT2D eigenvalue weighted by molar-refractivity contribution is 6.06. The zero-order valence-corrected chi connectivity index (χ0v) is 16.1. The Morgan fingerprint density at radius 2 is 1.83 bits per heavy atom. The Balaban J connectivity index is 1.61. The molecule has 2 atom stereocenters. The molecule has 0 unspecified atom stereocenters. The predicted octanol–water partition coefficient (Wildman–Crippen LogP) is 2.31. The molecule has 148 valence electrons. The number of pyridine rings is 1. The van der Waals surface area contributed by atoms with E-state index < -0.39 is 0 Å². The summed E-state index contributed by atoms with van der Waals surface area (Å²) in [6.45, 7) is 1.55. The van der Waals surface area contributed by atoms with Crippen molar-refractivity contribution in [3.05, 3.63) is 78.0 Å². The maximum absolute atomic E-state index is 13.2. The first kappa shape index (κ1) is 19.1. The smallest absolute Gasteiger partial charge is 0.252 e. The number of carbonyl (C=O) groups excluding carboxylic acids is 2. The quantitative estimate of drug-likeness (QED) is 0.702. The Morgan fingerprint density at radius 3 is 2.62 bits per heavy atom. The number of hydrogen-bond donors (Lipinski definition) is 2. The largest absolute Gasteiger partial charge is 0.369 e. The van der Waals surface area contributed by atoms with E-state index >= 15 is 0 Å². The Bertz CT molecular complexity index is 1020. The van der Waals surface area contributed by atoms with Gasteiger partial charge in [-0.3, -0.25) is 19.5 Å². The van der Waals surface area contributed by atoms with Crippen molar-refractivity contribution in [2.24, 2.45) is 5.73 Å². The highest BCUT2D eigenvalue weighted by Gasteiger charge is 2.32. The fourth-order valence-corrected chi connectivity index (χ4v) is 4.17. The molecule has 2 amide bonds. The number of likely N-dealkylation sites (tertiary alicyclic amines) is 1. The summed E-state index contributed by atoms with van der Waals surface area (Å²) in [6, 6.07) is 19.5. The van der Waals surface area contributed by atoms with Crippen LogP contribution in [0.5, 0.6) is 0 Å². The molecule has 3 aromatic rings. The fraction of sp³-hybridized carbons (Fsp3) is 0.261. The first-order chi connectivity index (χ1) is 14.1. The summed E-state index contributed by atoms with van der Waals surface area (Å²) in [6.07, 6.45) is 2.51. The fourth-order valence-electron chi connectivity index (χ4n) is 4.17. The third kappa shape index (κ3) is 4.27. The van der Waals surface area contributed by atoms with Crippen molar-refractivity contribution in [1.82, 2.24) is 15.2 Å². The van der Waals surface area contributed by atoms with Crippen LogP contribution in [0.2, 0.25) is 0 Å². The molecule has 0 bridgehead atoms. The second-order valence-corrected chi connectivity index (χ2v) is 7.46. The molecule has 6 heteroatoms. The van der Waals surface area contributed by atoms with Crippen LogP contribution >= 0.6 is 0 Å². The Hall–Kier alpha value is -3.25. The number of rotatable bonds is 5. The molecule has 2 aromatic carbocycles. The summed E-state index contributed by atoms with van der Waals surface area (Å²) in [7, 11) is 0. The number of para-hydroxylation sites is 1. The SMILES string of the molecule is NC(=O)CN1CC[C@@H](c2ccccc2)[C@@H](NC(=O)c2ccnc3ccccc23)C1. The van der Waals surface area contributed by atoms with Crippen LogP contribution in [0.25, 0.3) is 10.9 Å². The number of piperidine rings is 1. The number of nitrogens with zero attached hydrogens (tertiary/aromatic N) is 2. The number of carbonyl (C=O) groups is 2. The van der Waals surface area contributed by atoms with Gasteiger partial charge in [-0.05, 0) is 30.7 Å². The topological polar surface area (TPSA) is 88.3 Å². The van der Waals surface area contributed by atoms with Gasteiger partial charge < -0.3 is 11.1 Å². The Labute approximate surface area is 169 Å². The second kappa shape index (κ2) is 8.41. The summed E-state index contributed by atoms with van der Waals surface area (Å²) < 4.78 is 0. The van der Waals surface area contributed by atoms with Crippen molar-refractivity contribution < 1.29 is 9.59 Å². The van der Waals surface area contributed by atoms with Gasteiger partial charge in [-0.15, -0.1) is 0 Å². The number of hydrogen-bond acceptors (Lipinski definition) is 4. The molecule has 3 N–H and O–H groups in total. The summed E-state index contributed by atoms with van der Waals surface area (Å²) in [5.41, 5.74) is 7.98. The van der Waals surface area contributed by atoms with Crippen LogP contribution in [0.3, 0.4) is 0 Å². The van der Waals surface area contributed by atoms with E-state index in [0.717, 1.165) is 23.9 Å². The van der Waals surface area contributed by atoms with E-state index in [0.29, 0.717) is 12.1 Å². The number of nitrogens with two attached hydrogens (primary N) is 1. The van der Waals surface area contributed by atoms with Crippen LogP contribution in [0.1, 0.15) is 28.3 Å². The van der Waals surface area contributed by atoms with E-state index in [1.807, 2.05) is 47.4 Å². The second-order valence-electron chi connectivity index (χ2n) is 7.46. The van der Waals surface area contributed by atoms with E-state index in [-0.39, 0.29) is 30.3 Å². The lowest BCUT2D eigenvalue weighted by Crippen LogP contribution is -2.53. The number of aromatic nitrogens is 1. The van der Waals surface area contributed by atoms with Gasteiger partial charge in [-0.2, -0.15) is 0 Å². The molecule has 1 aromatic heterocycles. The maximum atomic E-state index is 13.2. The zero-order valence-electron chi connectivity index (χ0n) is 16.1. The molecule has 6 nitrogen and oxygen atoms in total. The van der Waals surface area contributed by atoms with E-state index in [4.69, 9.17) is 5.73 Å². The standard InChI is InChI=1S/C23H24N4O2/c24-22(28)15-27-13-11-17(16-6-2-1-3-7-16)21(14-27)26-23(29)19-10-12-25-20-9-5-4-8-18(19)20/h1-10,12,17,21H,11,13-15H2,(H2,24,28)(H,26,29)/t17-,21-/m0/s1. The van der Waals surface area contributed by atoms with Crippen molar-refractivity contribution >= 4 is 22.7 Å². The lowest BCUT2D eigenvalue weighted by atomic mass is 9.85. The first-order valence-corrected chi connectivity index (χ1v) is 9.82. The third-order valence-electron chi connectivity index (χ3n) is 5.51. The summed E-state index contributed by atoms with van der Waals surface area (Å²) in [4.78, 5) is 30.9. The molecular weight excluding hydrogens is 364 g/mol. The average molecular weight is 388 g/mol. The Morgan fingerprint density at radius 1 is 1.07 bits per heavy atom. The van der Waals surface area contributed by atoms with Gasteiger partial charge >= 0.3 is 0 Å². The third-order valence-corrected chi connectivity index (χ3v) is 5.51. The van der Waals surface area contributed by atoms with Gasteiger partial charge in [-0.25, -0.2) is 0 Å². The molecule has 4 rings (SSSR count). The molecule has 29 heavy (non-hydrogen) atoms. The van der Waals surface area contributed by atoms with Gasteiger partial charge in [0.25, 0.3) is 5.91 Å². The van der Waals surface area contributed by atoms with Crippen LogP contribution in [0.4, 0.5) is 0 Å². The van der Waals surface area contributed by atoms with Crippen LogP contribution in [0.15, 0.2) is 66.9 Å². The van der Waals surface area contributed by atoms with Crippen molar-refractivity contribution in [1.29, 1.82) is 0 Å². The van der Waals surface area contributed by atoms with E-state index in [2.05, 4.69) is 22.4 Å². The monoisotopic (exact) mass is 388 g/mol. The molecular formula is C23H24N4O2. The van der Waals surface area contributed by atoms with E-state index in [1.165, 1.54) is 5.56 Å². The number of nitrogens with one attached hydrogen (secondary N) is 1. The van der Waals surface area contributed by atoms with Gasteiger partial charge in [0.05, 0.1) is 17.6 Å². The highest BCUT2D eigenvalue weighted by atomic mass is 16.2. The van der Waals surface area contributed by atoms with Gasteiger partial charge in [0.15, 0.2) is 0 Å². The molecule has 1 fully saturated rings. The van der Waals surface area contributed by atoms with Crippen LogP contribution in [0, 0.1) is 0 Å². The highest BCUT2D eigenvalue weighted by Crippen LogP contribution is 2.29. The van der Waals surface area contributed by atoms with Gasteiger partial charge in [-0.1, -0.05) is 48.5 Å². The number of amides is 2. The molecule has 1 aliphatic rings. The molecule has 0 saturated carbocycles. The molecule has 1 aliphatic heterocycles. The van der Waals surface area contributed by atoms with Crippen LogP contribution in [-0.2, 0) is 4.79 Å². The van der Waals surface area contributed by atoms with Crippen molar-refractivity contribution in [3.8, 4) is 0 Å². The normalized spacial score (nSPS) is 19.7. The van der Waals surface area contributed by atoms with E-state index in [9.17, 15) is 9.59 Å². The summed E-state index contributed by atoms with van der Waals surface area (Å²) in [5, 5.41) is 4.05. The molecule has 0 spiro atoms. The van der Waals surface area contributed by atoms with Crippen LogP contribution in [-0.4, -0.2) is 47.4 Å². The molecule has 0 aliphatic carbocycles. The van der Waals surface area contributed by atoms with Crippen molar-refractivity contribution in [3.63, 3.8) is 0 Å². The minimum absolute atomic E-state index is 0.120. The predicted molar refractivity (Wildman–Crippen MR) is 112 cm³/mol. The summed E-state index contributed by atoms with van der Waals surface area (Å²) >= 11 is 0. The van der Waals surface area contributed by atoms with E-state index in [1.54, 1.807) is 12.3 Å². The number of fused-ring (bicyclic) bond motifs is 1. The number of benzene rings is 2. The molecule has 1 saturated heterocycles. The number of primary amides is 1. The van der Waals surface area contributed by atoms with Crippen molar-refractivity contribution in [2.75, 3.05) is 19.6 Å². The lowest BCUT2D eigenvalue weighted by molar-refractivity contribution is -0.119. The zero-order chi connectivity index (χ0) is 20.2. The Kier molecular flexibility index (Phi) is 5.53. The van der Waals surface area contributed by atoms with Gasteiger partial charge in [0, 0.05) is 30.1 Å². The lowest BCUT2D eigenvalue weighted by Gasteiger charge is -2.38. The minimum atomic E-state index is -0.353. The molecule has 2 heterocycles. The van der Waals surface area contributed by atoms with Gasteiger partial charge in [0.2, 0.25) is 5.91 Å². The maximum Gasteiger partial charge on any atom is 0.252 e. The van der Waals surface area contributed by atoms with Crippen LogP contribution < -0.4 is 11.1 Å². The van der Waals surface area contributed by atoms with Gasteiger partial charge in [0.1, 0.15) is 0 Å². The summed E-state index contributed by atoms with van der Waals surface area (Å²) in [5.74, 6) is -0.304. The molecule has 0 radical (unpaired) electrons. The minimum Gasteiger partial charge on any atom is -0.369 e. The van der Waals surface area contributed by atoms with Crippen molar-refractivity contribution in [2.45, 2.75) is 18.4 Å². The first-order valence-electron chi connectivity index (χ1n) is 9.82. The average Bonchev–Trinajstić information content (AvgIpc) is 2.73.